The maximum absolute atomic E-state index is 12.1. The molecule has 2 aromatic carbocycles. The fourth-order valence-electron chi connectivity index (χ4n) is 2.55. The zero-order valence-electron chi connectivity index (χ0n) is 14.7. The Bertz CT molecular complexity index is 893. The fraction of sp³-hybridized carbons (Fsp3) is 0.263. The van der Waals surface area contributed by atoms with Gasteiger partial charge in [0.05, 0.1) is 16.2 Å². The Balaban J connectivity index is 1.57. The van der Waals surface area contributed by atoms with Crippen molar-refractivity contribution in [3.05, 3.63) is 58.1 Å². The Labute approximate surface area is 155 Å². The first kappa shape index (κ1) is 18.4. The molecule has 1 aliphatic rings. The number of carbonyl (C=O) groups excluding carboxylic acids is 2. The molecular weight excluding hydrogens is 350 g/mol. The van der Waals surface area contributed by atoms with Crippen molar-refractivity contribution in [1.82, 2.24) is 0 Å². The molecule has 8 heteroatoms. The van der Waals surface area contributed by atoms with E-state index in [1.165, 1.54) is 12.1 Å². The van der Waals surface area contributed by atoms with Gasteiger partial charge < -0.3 is 15.4 Å². The third-order valence-corrected chi connectivity index (χ3v) is 4.20. The van der Waals surface area contributed by atoms with Crippen molar-refractivity contribution in [1.29, 1.82) is 0 Å². The molecule has 3 rings (SSSR count). The minimum atomic E-state index is -0.497. The highest BCUT2D eigenvalue weighted by molar-refractivity contribution is 5.94. The zero-order valence-corrected chi connectivity index (χ0v) is 14.7. The topological polar surface area (TPSA) is 111 Å². The molecular formula is C19H19N3O5. The summed E-state index contributed by atoms with van der Waals surface area (Å²) in [6.07, 6.45) is 1.83. The largest absolute Gasteiger partial charge is 0.484 e. The zero-order chi connectivity index (χ0) is 19.4. The third-order valence-electron chi connectivity index (χ3n) is 4.20. The molecule has 1 saturated carbocycles. The smallest absolute Gasteiger partial charge is 0.274 e. The molecule has 140 valence electrons. The van der Waals surface area contributed by atoms with Crippen molar-refractivity contribution in [3.8, 4) is 5.75 Å². The Morgan fingerprint density at radius 2 is 1.93 bits per heavy atom. The van der Waals surface area contributed by atoms with Gasteiger partial charge in [0, 0.05) is 23.7 Å². The van der Waals surface area contributed by atoms with Crippen LogP contribution in [0.4, 0.5) is 17.1 Å². The standard InChI is InChI=1S/C19H19N3O5/c1-12-16(6-3-7-17(12)22(25)26)21-18(23)11-27-15-5-2-4-14(10-15)20-19(24)13-8-9-13/h2-7,10,13H,8-9,11H2,1H3,(H,20,24)(H,21,23). The molecule has 1 aliphatic carbocycles. The summed E-state index contributed by atoms with van der Waals surface area (Å²) in [4.78, 5) is 34.4. The number of ether oxygens (including phenoxy) is 1. The van der Waals surface area contributed by atoms with Crippen LogP contribution in [0.2, 0.25) is 0 Å². The van der Waals surface area contributed by atoms with Crippen molar-refractivity contribution in [3.63, 3.8) is 0 Å². The maximum atomic E-state index is 12.1. The van der Waals surface area contributed by atoms with E-state index in [2.05, 4.69) is 10.6 Å². The Kier molecular flexibility index (Phi) is 5.35. The van der Waals surface area contributed by atoms with Crippen molar-refractivity contribution in [2.75, 3.05) is 17.2 Å². The second kappa shape index (κ2) is 7.86. The van der Waals surface area contributed by atoms with Crippen LogP contribution in [-0.4, -0.2) is 23.3 Å². The number of hydrogen-bond donors (Lipinski definition) is 2. The van der Waals surface area contributed by atoms with Crippen LogP contribution in [-0.2, 0) is 9.59 Å². The van der Waals surface area contributed by atoms with E-state index in [-0.39, 0.29) is 24.1 Å². The van der Waals surface area contributed by atoms with Crippen LogP contribution < -0.4 is 15.4 Å². The highest BCUT2D eigenvalue weighted by Crippen LogP contribution is 2.30. The Hall–Kier alpha value is -3.42. The predicted octanol–water partition coefficient (Wildman–Crippen LogP) is 3.27. The SMILES string of the molecule is Cc1c(NC(=O)COc2cccc(NC(=O)C3CC3)c2)cccc1[N+](=O)[O-]. The van der Waals surface area contributed by atoms with Crippen LogP contribution in [0.5, 0.6) is 5.75 Å². The van der Waals surface area contributed by atoms with Gasteiger partial charge in [0.2, 0.25) is 5.91 Å². The average Bonchev–Trinajstić information content (AvgIpc) is 3.47. The molecule has 0 unspecified atom stereocenters. The summed E-state index contributed by atoms with van der Waals surface area (Å²) in [5, 5.41) is 16.4. The van der Waals surface area contributed by atoms with Gasteiger partial charge in [0.1, 0.15) is 5.75 Å². The number of nitrogens with one attached hydrogen (secondary N) is 2. The first-order chi connectivity index (χ1) is 12.9. The van der Waals surface area contributed by atoms with Gasteiger partial charge in [-0.15, -0.1) is 0 Å². The number of nitro benzene ring substituents is 1. The molecule has 0 aliphatic heterocycles. The first-order valence-electron chi connectivity index (χ1n) is 8.51. The lowest BCUT2D eigenvalue weighted by molar-refractivity contribution is -0.385. The van der Waals surface area contributed by atoms with Crippen molar-refractivity contribution in [2.24, 2.45) is 5.92 Å². The lowest BCUT2D eigenvalue weighted by Gasteiger charge is -2.11. The molecule has 0 heterocycles. The molecule has 8 nitrogen and oxygen atoms in total. The number of nitrogens with zero attached hydrogens (tertiary/aromatic N) is 1. The van der Waals surface area contributed by atoms with Crippen molar-refractivity contribution in [2.45, 2.75) is 19.8 Å². The second-order valence-electron chi connectivity index (χ2n) is 6.34. The van der Waals surface area contributed by atoms with E-state index in [9.17, 15) is 19.7 Å². The van der Waals surface area contributed by atoms with E-state index in [4.69, 9.17) is 4.74 Å². The quantitative estimate of drug-likeness (QED) is 0.575. The van der Waals surface area contributed by atoms with E-state index in [0.29, 0.717) is 22.7 Å². The highest BCUT2D eigenvalue weighted by Gasteiger charge is 2.29. The number of hydrogen-bond acceptors (Lipinski definition) is 5. The van der Waals surface area contributed by atoms with Crippen LogP contribution in [0.3, 0.4) is 0 Å². The second-order valence-corrected chi connectivity index (χ2v) is 6.34. The molecule has 0 bridgehead atoms. The summed E-state index contributed by atoms with van der Waals surface area (Å²) in [5.74, 6) is 0.0880. The molecule has 1 fully saturated rings. The van der Waals surface area contributed by atoms with Crippen LogP contribution in [0.1, 0.15) is 18.4 Å². The lowest BCUT2D eigenvalue weighted by Crippen LogP contribution is -2.21. The number of benzene rings is 2. The maximum Gasteiger partial charge on any atom is 0.274 e. The molecule has 0 radical (unpaired) electrons. The summed E-state index contributed by atoms with van der Waals surface area (Å²) in [6.45, 7) is 1.31. The van der Waals surface area contributed by atoms with Gasteiger partial charge >= 0.3 is 0 Å². The molecule has 2 aromatic rings. The molecule has 0 spiro atoms. The van der Waals surface area contributed by atoms with E-state index in [0.717, 1.165) is 12.8 Å². The van der Waals surface area contributed by atoms with Gasteiger partial charge in [-0.2, -0.15) is 0 Å². The van der Waals surface area contributed by atoms with E-state index >= 15 is 0 Å². The fourth-order valence-corrected chi connectivity index (χ4v) is 2.55. The van der Waals surface area contributed by atoms with E-state index < -0.39 is 10.8 Å². The van der Waals surface area contributed by atoms with Crippen LogP contribution in [0.15, 0.2) is 42.5 Å². The Morgan fingerprint density at radius 1 is 1.19 bits per heavy atom. The van der Waals surface area contributed by atoms with Crippen LogP contribution in [0, 0.1) is 23.0 Å². The lowest BCUT2D eigenvalue weighted by atomic mass is 10.1. The summed E-state index contributed by atoms with van der Waals surface area (Å²) in [7, 11) is 0. The Morgan fingerprint density at radius 3 is 2.63 bits per heavy atom. The molecule has 0 saturated heterocycles. The molecule has 2 N–H and O–H groups in total. The minimum Gasteiger partial charge on any atom is -0.484 e. The molecule has 2 amide bonds. The molecule has 0 atom stereocenters. The van der Waals surface area contributed by atoms with E-state index in [1.54, 1.807) is 37.3 Å². The monoisotopic (exact) mass is 369 g/mol. The molecule has 0 aromatic heterocycles. The predicted molar refractivity (Wildman–Crippen MR) is 99.8 cm³/mol. The van der Waals surface area contributed by atoms with Crippen molar-refractivity contribution >= 4 is 28.9 Å². The van der Waals surface area contributed by atoms with Gasteiger partial charge in [0.25, 0.3) is 11.6 Å². The number of anilines is 2. The van der Waals surface area contributed by atoms with E-state index in [1.807, 2.05) is 0 Å². The number of rotatable bonds is 7. The number of carbonyl (C=O) groups is 2. The van der Waals surface area contributed by atoms with Crippen LogP contribution in [0.25, 0.3) is 0 Å². The van der Waals surface area contributed by atoms with Gasteiger partial charge in [-0.05, 0) is 38.0 Å². The van der Waals surface area contributed by atoms with Gasteiger partial charge in [-0.1, -0.05) is 12.1 Å². The third kappa shape index (κ3) is 4.81. The first-order valence-corrected chi connectivity index (χ1v) is 8.51. The van der Waals surface area contributed by atoms with Gasteiger partial charge in [0.15, 0.2) is 6.61 Å². The number of amides is 2. The minimum absolute atomic E-state index is 0.00830. The normalized spacial score (nSPS) is 12.9. The summed E-state index contributed by atoms with van der Waals surface area (Å²) < 4.78 is 5.46. The number of nitro groups is 1. The van der Waals surface area contributed by atoms with Gasteiger partial charge in [-0.25, -0.2) is 0 Å². The summed E-state index contributed by atoms with van der Waals surface area (Å²) in [5.41, 5.74) is 1.29. The highest BCUT2D eigenvalue weighted by atomic mass is 16.6. The molecule has 27 heavy (non-hydrogen) atoms. The van der Waals surface area contributed by atoms with Crippen molar-refractivity contribution < 1.29 is 19.2 Å². The van der Waals surface area contributed by atoms with Crippen LogP contribution >= 0.6 is 0 Å². The average molecular weight is 369 g/mol. The summed E-state index contributed by atoms with van der Waals surface area (Å²) >= 11 is 0. The summed E-state index contributed by atoms with van der Waals surface area (Å²) in [6, 6.07) is 11.3. The van der Waals surface area contributed by atoms with Gasteiger partial charge in [-0.3, -0.25) is 19.7 Å².